The third-order valence-electron chi connectivity index (χ3n) is 13.4. The highest BCUT2D eigenvalue weighted by atomic mass is 16.5. The molecule has 0 saturated heterocycles. The van der Waals surface area contributed by atoms with E-state index in [4.69, 9.17) is 33.2 Å². The van der Waals surface area contributed by atoms with Gasteiger partial charge in [0.2, 0.25) is 0 Å². The van der Waals surface area contributed by atoms with Gasteiger partial charge in [0.05, 0.1) is 64.7 Å². The summed E-state index contributed by atoms with van der Waals surface area (Å²) in [4.78, 5) is 0. The second-order valence-corrected chi connectivity index (χ2v) is 20.0. The fourth-order valence-electron chi connectivity index (χ4n) is 9.24. The third-order valence-corrected chi connectivity index (χ3v) is 13.4. The van der Waals surface area contributed by atoms with Crippen LogP contribution in [0.2, 0.25) is 0 Å². The topological polar surface area (TPSA) is 64.6 Å². The van der Waals surface area contributed by atoms with Crippen molar-refractivity contribution in [2.24, 2.45) is 0 Å². The number of hydrogen-bond donors (Lipinski definition) is 0. The molecule has 0 unspecified atom stereocenters. The fourth-order valence-corrected chi connectivity index (χ4v) is 9.24. The lowest BCUT2D eigenvalue weighted by Crippen LogP contribution is -2.00. The smallest absolute Gasteiger partial charge is 0.123 e. The Morgan fingerprint density at radius 2 is 0.623 bits per heavy atom. The minimum Gasteiger partial charge on any atom is -0.502 e. The average molecular weight is 1060 g/mol. The van der Waals surface area contributed by atoms with Gasteiger partial charge in [-0.1, -0.05) is 182 Å². The number of fused-ring (bicyclic) bond motifs is 6. The zero-order valence-corrected chi connectivity index (χ0v) is 49.2. The number of hydrogen-bond acceptors (Lipinski definition) is 7. The van der Waals surface area contributed by atoms with Crippen LogP contribution in [-0.4, -0.2) is 52.9 Å². The van der Waals surface area contributed by atoms with E-state index in [-0.39, 0.29) is 0 Å². The molecule has 0 aliphatic heterocycles. The van der Waals surface area contributed by atoms with Crippen molar-refractivity contribution in [2.75, 3.05) is 52.9 Å². The molecule has 4 aromatic rings. The van der Waals surface area contributed by atoms with E-state index >= 15 is 0 Å². The maximum absolute atomic E-state index is 6.11. The summed E-state index contributed by atoms with van der Waals surface area (Å²) in [6.45, 7) is 19.1. The summed E-state index contributed by atoms with van der Waals surface area (Å²) in [6.07, 6.45) is 44.0. The molecule has 2 aliphatic carbocycles. The van der Waals surface area contributed by atoms with Crippen LogP contribution in [0.1, 0.15) is 205 Å². The van der Waals surface area contributed by atoms with E-state index in [1.54, 1.807) is 25.0 Å². The molecule has 4 aromatic carbocycles. The average Bonchev–Trinajstić information content (AvgIpc) is 4.08. The fraction of sp³-hybridized carbons (Fsp3) is 0.543. The number of allylic oxidation sites excluding steroid dienone is 4. The van der Waals surface area contributed by atoms with Crippen molar-refractivity contribution in [3.63, 3.8) is 0 Å². The van der Waals surface area contributed by atoms with Gasteiger partial charge in [-0.3, -0.25) is 0 Å². The van der Waals surface area contributed by atoms with Crippen molar-refractivity contribution in [2.45, 2.75) is 196 Å². The van der Waals surface area contributed by atoms with Gasteiger partial charge in [-0.05, 0) is 144 Å². The van der Waals surface area contributed by atoms with Gasteiger partial charge in [0, 0.05) is 37.2 Å². The first-order chi connectivity index (χ1) is 38.1. The molecular weight excluding hydrogens is 953 g/mol. The Hall–Kier alpha value is -5.40. The van der Waals surface area contributed by atoms with E-state index in [9.17, 15) is 0 Å². The Kier molecular flexibility index (Phi) is 39.9. The first kappa shape index (κ1) is 65.9. The van der Waals surface area contributed by atoms with Gasteiger partial charge in [0.25, 0.3) is 0 Å². The molecule has 0 aromatic heterocycles. The van der Waals surface area contributed by atoms with Crippen molar-refractivity contribution in [1.29, 1.82) is 0 Å². The second-order valence-electron chi connectivity index (χ2n) is 20.0. The number of rotatable bonds is 39. The highest BCUT2D eigenvalue weighted by Crippen LogP contribution is 2.42. The van der Waals surface area contributed by atoms with Gasteiger partial charge in [-0.2, -0.15) is 0 Å². The Morgan fingerprint density at radius 1 is 0.312 bits per heavy atom. The Morgan fingerprint density at radius 3 is 1.01 bits per heavy atom. The Labute approximate surface area is 469 Å². The van der Waals surface area contributed by atoms with E-state index in [0.29, 0.717) is 0 Å². The molecule has 0 heterocycles. The zero-order chi connectivity index (χ0) is 54.9. The molecule has 0 atom stereocenters. The molecule has 0 spiro atoms. The summed E-state index contributed by atoms with van der Waals surface area (Å²) >= 11 is 0. The van der Waals surface area contributed by atoms with Gasteiger partial charge >= 0.3 is 0 Å². The summed E-state index contributed by atoms with van der Waals surface area (Å²) < 4.78 is 38.8. The predicted molar refractivity (Wildman–Crippen MR) is 327 cm³/mol. The van der Waals surface area contributed by atoms with Crippen molar-refractivity contribution >= 4 is 0 Å². The van der Waals surface area contributed by atoms with Crippen molar-refractivity contribution in [3.05, 3.63) is 157 Å². The summed E-state index contributed by atoms with van der Waals surface area (Å²) in [5, 5.41) is 0. The van der Waals surface area contributed by atoms with Gasteiger partial charge in [-0.25, -0.2) is 0 Å². The molecule has 426 valence electrons. The first-order valence-electron chi connectivity index (χ1n) is 30.3. The lowest BCUT2D eigenvalue weighted by Gasteiger charge is -2.11. The predicted octanol–water partition coefficient (Wildman–Crippen LogP) is 20.1. The van der Waals surface area contributed by atoms with E-state index in [1.165, 1.54) is 141 Å². The lowest BCUT2D eigenvalue weighted by molar-refractivity contribution is 0.124. The molecule has 0 saturated carbocycles. The highest BCUT2D eigenvalue weighted by Gasteiger charge is 2.22. The number of ether oxygens (including phenoxy) is 7. The molecule has 6 rings (SSSR count). The van der Waals surface area contributed by atoms with Crippen LogP contribution in [0.15, 0.2) is 134 Å². The molecule has 7 nitrogen and oxygen atoms in total. The van der Waals surface area contributed by atoms with Crippen LogP contribution in [0.25, 0.3) is 22.3 Å². The van der Waals surface area contributed by atoms with Crippen LogP contribution in [0.4, 0.5) is 0 Å². The Bertz CT molecular complexity index is 2150. The quantitative estimate of drug-likeness (QED) is 0.0281. The van der Waals surface area contributed by atoms with Crippen LogP contribution in [0.5, 0.6) is 11.5 Å². The highest BCUT2D eigenvalue weighted by molar-refractivity contribution is 5.79. The minimum absolute atomic E-state index is 0.794. The molecule has 0 N–H and O–H groups in total. The normalized spacial score (nSPS) is 11.8. The monoisotopic (exact) mass is 1060 g/mol. The van der Waals surface area contributed by atoms with E-state index in [0.717, 1.165) is 122 Å². The molecule has 2 aliphatic rings. The molecule has 0 amide bonds. The van der Waals surface area contributed by atoms with Crippen LogP contribution in [-0.2, 0) is 36.5 Å². The number of benzene rings is 4. The second kappa shape index (κ2) is 46.7. The summed E-state index contributed by atoms with van der Waals surface area (Å²) in [5.74, 6) is 2.12. The van der Waals surface area contributed by atoms with Gasteiger partial charge in [0.15, 0.2) is 0 Å². The third kappa shape index (κ3) is 29.8. The van der Waals surface area contributed by atoms with Crippen LogP contribution in [0, 0.1) is 0 Å². The lowest BCUT2D eigenvalue weighted by atomic mass is 10.1. The van der Waals surface area contributed by atoms with Gasteiger partial charge < -0.3 is 33.2 Å². The first-order valence-corrected chi connectivity index (χ1v) is 30.3. The number of unbranched alkanes of at least 4 members (excludes halogenated alkanes) is 17. The zero-order valence-electron chi connectivity index (χ0n) is 49.2. The molecular formula is C70H104O7. The molecule has 7 heteroatoms. The maximum Gasteiger partial charge on any atom is 0.123 e. The van der Waals surface area contributed by atoms with Gasteiger partial charge in [0.1, 0.15) is 11.5 Å². The van der Waals surface area contributed by atoms with E-state index < -0.39 is 0 Å². The largest absolute Gasteiger partial charge is 0.502 e. The van der Waals surface area contributed by atoms with Gasteiger partial charge in [-0.15, -0.1) is 0 Å². The van der Waals surface area contributed by atoms with Crippen LogP contribution >= 0.6 is 0 Å². The van der Waals surface area contributed by atoms with Crippen molar-refractivity contribution < 1.29 is 33.2 Å². The maximum atomic E-state index is 6.11. The van der Waals surface area contributed by atoms with Crippen LogP contribution < -0.4 is 9.47 Å². The molecule has 0 radical (unpaired) electrons. The Balaban J connectivity index is 0.000000285. The SMILES string of the molecule is CC=COCCCC.CC=COCCCCCCCOc1cccc2c1Cc1ccccc1-2.CC=COCCCCCCOc1cccc2c1Cc1ccccc1-2.CC=COCCCCCOCCCCCCCCCC. The summed E-state index contributed by atoms with van der Waals surface area (Å²) in [6, 6.07) is 30.2. The molecule has 0 fully saturated rings. The molecule has 77 heavy (non-hydrogen) atoms. The molecule has 0 bridgehead atoms. The standard InChI is InChI=1S/C23H28O2.C22H26O2.C18H36O2.C7H14O/c1-2-15-24-16-8-4-3-5-9-17-25-23-14-10-13-21-20-12-7-6-11-19(20)18-22(21)23;1-2-14-23-15-7-3-4-8-16-24-22-13-9-12-20-19-11-6-5-10-18(19)17-21(20)22;1-3-5-6-7-8-9-10-12-17-20-18-14-11-13-16-19-15-4-2;1-3-5-7-8-6-4-2/h2,6-7,10-15H,3-5,8-9,16-18H2,1H3;2,5-6,9-14H,3-4,7-8,15-17H2,1H3;4,15H,3,5-14,16-18H2,1-2H3;4,6H,3,5,7H2,1-2H3. The van der Waals surface area contributed by atoms with Crippen molar-refractivity contribution in [1.82, 2.24) is 0 Å². The van der Waals surface area contributed by atoms with E-state index in [2.05, 4.69) is 98.8 Å². The summed E-state index contributed by atoms with van der Waals surface area (Å²) in [7, 11) is 0. The van der Waals surface area contributed by atoms with E-state index in [1.807, 2.05) is 52.0 Å². The van der Waals surface area contributed by atoms with Crippen LogP contribution in [0.3, 0.4) is 0 Å². The summed E-state index contributed by atoms with van der Waals surface area (Å²) in [5.41, 5.74) is 10.9. The minimum atomic E-state index is 0.794. The van der Waals surface area contributed by atoms with Crippen molar-refractivity contribution in [3.8, 4) is 33.8 Å².